The van der Waals surface area contributed by atoms with Crippen molar-refractivity contribution in [2.45, 2.75) is 82.4 Å². The Balaban J connectivity index is 3.18. The van der Waals surface area contributed by atoms with E-state index in [2.05, 4.69) is 5.32 Å². The molecular weight excluding hydrogens is 460 g/mol. The fourth-order valence-electron chi connectivity index (χ4n) is 3.46. The van der Waals surface area contributed by atoms with Gasteiger partial charge in [0, 0.05) is 13.3 Å². The summed E-state index contributed by atoms with van der Waals surface area (Å²) in [5, 5.41) is 40.2. The molecule has 1 rings (SSSR count). The maximum atomic E-state index is 12.8. The lowest BCUT2D eigenvalue weighted by Crippen LogP contribution is -2.70. The summed E-state index contributed by atoms with van der Waals surface area (Å²) in [5.74, 6) is -5.15. The molecule has 9 N–H and O–H groups in total. The number of amides is 3. The van der Waals surface area contributed by atoms with E-state index in [1.54, 1.807) is 0 Å². The summed E-state index contributed by atoms with van der Waals surface area (Å²) >= 11 is 0. The predicted molar refractivity (Wildman–Crippen MR) is 112 cm³/mol. The molecule has 1 fully saturated rings. The number of carbonyl (C=O) groups excluding carboxylic acids is 3. The van der Waals surface area contributed by atoms with Crippen LogP contribution in [0.25, 0.3) is 0 Å². The number of primary amides is 1. The number of aliphatic carboxylic acids is 2. The van der Waals surface area contributed by atoms with Crippen molar-refractivity contribution in [2.75, 3.05) is 6.61 Å². The fourth-order valence-corrected chi connectivity index (χ4v) is 3.46. The van der Waals surface area contributed by atoms with E-state index in [-0.39, 0.29) is 6.42 Å². The van der Waals surface area contributed by atoms with Crippen LogP contribution in [-0.4, -0.2) is 110 Å². The topological polar surface area (TPSA) is 252 Å². The highest BCUT2D eigenvalue weighted by Crippen LogP contribution is 2.27. The number of ether oxygens (including phenoxy) is 2. The predicted octanol–water partition coefficient (Wildman–Crippen LogP) is -3.68. The molecule has 0 saturated carbocycles. The molecule has 1 aliphatic rings. The van der Waals surface area contributed by atoms with Gasteiger partial charge in [0.15, 0.2) is 12.3 Å². The Bertz CT molecular complexity index is 779. The molecule has 15 heteroatoms. The number of carboxylic acids is 2. The molecule has 4 unspecified atom stereocenters. The van der Waals surface area contributed by atoms with Crippen LogP contribution in [0.3, 0.4) is 0 Å². The van der Waals surface area contributed by atoms with E-state index >= 15 is 0 Å². The van der Waals surface area contributed by atoms with E-state index in [9.17, 15) is 34.2 Å². The third-order valence-electron chi connectivity index (χ3n) is 5.37. The molecule has 15 nitrogen and oxygen atoms in total. The lowest BCUT2D eigenvalue weighted by atomic mass is 9.94. The van der Waals surface area contributed by atoms with Gasteiger partial charge in [0.1, 0.15) is 30.4 Å². The number of nitrogens with zero attached hydrogens (tertiary/aromatic N) is 1. The largest absolute Gasteiger partial charge is 0.481 e. The minimum atomic E-state index is -1.55. The summed E-state index contributed by atoms with van der Waals surface area (Å²) in [6.45, 7) is 2.82. The van der Waals surface area contributed by atoms with Gasteiger partial charge in [-0.05, 0) is 20.3 Å². The Morgan fingerprint density at radius 3 is 2.21 bits per heavy atom. The summed E-state index contributed by atoms with van der Waals surface area (Å²) < 4.78 is 10.9. The van der Waals surface area contributed by atoms with Gasteiger partial charge < -0.3 is 51.6 Å². The lowest BCUT2D eigenvalue weighted by molar-refractivity contribution is -0.245. The summed E-state index contributed by atoms with van der Waals surface area (Å²) in [6.07, 6.45) is -7.87. The molecule has 8 atom stereocenters. The van der Waals surface area contributed by atoms with Gasteiger partial charge in [-0.25, -0.2) is 4.79 Å². The van der Waals surface area contributed by atoms with Crippen LogP contribution >= 0.6 is 0 Å². The van der Waals surface area contributed by atoms with E-state index in [0.717, 1.165) is 11.8 Å². The minimum absolute atomic E-state index is 0.287. The zero-order valence-corrected chi connectivity index (χ0v) is 19.0. The van der Waals surface area contributed by atoms with Gasteiger partial charge >= 0.3 is 11.9 Å². The molecule has 1 saturated heterocycles. The van der Waals surface area contributed by atoms with Crippen LogP contribution in [0.5, 0.6) is 0 Å². The maximum absolute atomic E-state index is 12.8. The number of nitrogens with one attached hydrogen (secondary N) is 1. The SMILES string of the molecule is CC(=O)N(C(C)C(=O)NC(CCC(=O)O)C(N)=O)C1O[C@H](CO)[C@@H](O)[C@H](OC(C)C(=O)O)[C@H]1N. The van der Waals surface area contributed by atoms with E-state index in [4.69, 9.17) is 31.2 Å². The van der Waals surface area contributed by atoms with Crippen molar-refractivity contribution < 1.29 is 53.9 Å². The smallest absolute Gasteiger partial charge is 0.332 e. The van der Waals surface area contributed by atoms with Gasteiger partial charge in [0.25, 0.3) is 0 Å². The monoisotopic (exact) mass is 492 g/mol. The van der Waals surface area contributed by atoms with Crippen LogP contribution in [0.4, 0.5) is 0 Å². The van der Waals surface area contributed by atoms with Crippen molar-refractivity contribution in [1.82, 2.24) is 10.2 Å². The van der Waals surface area contributed by atoms with Crippen LogP contribution in [0, 0.1) is 0 Å². The molecule has 0 aromatic rings. The van der Waals surface area contributed by atoms with Crippen molar-refractivity contribution in [3.63, 3.8) is 0 Å². The number of hydrogen-bond acceptors (Lipinski definition) is 10. The molecule has 0 aromatic carbocycles. The third-order valence-corrected chi connectivity index (χ3v) is 5.37. The second-order valence-corrected chi connectivity index (χ2v) is 7.89. The van der Waals surface area contributed by atoms with Crippen molar-refractivity contribution >= 4 is 29.7 Å². The van der Waals surface area contributed by atoms with Crippen LogP contribution in [0.15, 0.2) is 0 Å². The van der Waals surface area contributed by atoms with E-state index in [1.165, 1.54) is 13.8 Å². The number of nitrogens with two attached hydrogens (primary N) is 2. The molecule has 0 spiro atoms. The Morgan fingerprint density at radius 2 is 1.76 bits per heavy atom. The minimum Gasteiger partial charge on any atom is -0.481 e. The van der Waals surface area contributed by atoms with Gasteiger partial charge in [-0.1, -0.05) is 0 Å². The molecule has 0 bridgehead atoms. The molecule has 34 heavy (non-hydrogen) atoms. The molecule has 1 heterocycles. The molecule has 0 aliphatic carbocycles. The number of carboxylic acid groups (broad SMARTS) is 2. The first-order chi connectivity index (χ1) is 15.7. The fraction of sp³-hybridized carbons (Fsp3) is 0.737. The van der Waals surface area contributed by atoms with Gasteiger partial charge in [-0.2, -0.15) is 0 Å². The Hall–Kier alpha value is -2.85. The summed E-state index contributed by atoms with van der Waals surface area (Å²) in [4.78, 5) is 59.7. The third kappa shape index (κ3) is 7.33. The van der Waals surface area contributed by atoms with Gasteiger partial charge in [-0.3, -0.25) is 19.2 Å². The second-order valence-electron chi connectivity index (χ2n) is 7.89. The molecule has 1 aliphatic heterocycles. The molecule has 0 radical (unpaired) electrons. The molecular formula is C19H32N4O11. The summed E-state index contributed by atoms with van der Waals surface area (Å²) in [5.41, 5.74) is 11.4. The van der Waals surface area contributed by atoms with E-state index in [1.807, 2.05) is 0 Å². The first kappa shape index (κ1) is 29.2. The highest BCUT2D eigenvalue weighted by Gasteiger charge is 2.49. The average Bonchev–Trinajstić information content (AvgIpc) is 2.74. The first-order valence-electron chi connectivity index (χ1n) is 10.4. The van der Waals surface area contributed by atoms with Crippen molar-refractivity contribution in [2.24, 2.45) is 11.5 Å². The zero-order chi connectivity index (χ0) is 26.3. The number of aliphatic hydroxyl groups is 2. The standard InChI is InChI=1S/C19H32N4O11/c1-7(17(30)22-10(16(21)29)4-5-12(26)27)23(9(3)25)18-13(20)15(33-8(2)19(31)32)14(28)11(6-24)34-18/h7-8,10-11,13-15,18,24,28H,4-6,20H2,1-3H3,(H2,21,29)(H,22,30)(H,26,27)(H,31,32)/t7?,8?,10?,11-,13-,14-,15-,18?/m1/s1. The van der Waals surface area contributed by atoms with Gasteiger partial charge in [0.2, 0.25) is 17.7 Å². The van der Waals surface area contributed by atoms with Crippen molar-refractivity contribution in [1.29, 1.82) is 0 Å². The van der Waals surface area contributed by atoms with Crippen molar-refractivity contribution in [3.8, 4) is 0 Å². The molecule has 194 valence electrons. The molecule has 3 amide bonds. The normalized spacial score (nSPS) is 27.2. The number of rotatable bonds is 12. The summed E-state index contributed by atoms with van der Waals surface area (Å²) in [6, 6.07) is -4.02. The quantitative estimate of drug-likeness (QED) is 0.139. The number of hydrogen-bond donors (Lipinski definition) is 7. The van der Waals surface area contributed by atoms with E-state index in [0.29, 0.717) is 0 Å². The van der Waals surface area contributed by atoms with Crippen LogP contribution in [0.1, 0.15) is 33.6 Å². The van der Waals surface area contributed by atoms with Crippen LogP contribution < -0.4 is 16.8 Å². The van der Waals surface area contributed by atoms with Gasteiger partial charge in [-0.15, -0.1) is 0 Å². The van der Waals surface area contributed by atoms with Gasteiger partial charge in [0.05, 0.1) is 12.6 Å². The number of aliphatic hydroxyl groups excluding tert-OH is 2. The second kappa shape index (κ2) is 12.6. The first-order valence-corrected chi connectivity index (χ1v) is 10.4. The van der Waals surface area contributed by atoms with E-state index < -0.39 is 91.5 Å². The van der Waals surface area contributed by atoms with Crippen LogP contribution in [-0.2, 0) is 33.4 Å². The average molecular weight is 492 g/mol. The Labute approximate surface area is 195 Å². The summed E-state index contributed by atoms with van der Waals surface area (Å²) in [7, 11) is 0. The Kier molecular flexibility index (Phi) is 10.8. The highest BCUT2D eigenvalue weighted by atomic mass is 16.6. The molecule has 0 aromatic heterocycles. The highest BCUT2D eigenvalue weighted by molar-refractivity contribution is 5.91. The van der Waals surface area contributed by atoms with Crippen LogP contribution in [0.2, 0.25) is 0 Å². The van der Waals surface area contributed by atoms with Crippen molar-refractivity contribution in [3.05, 3.63) is 0 Å². The zero-order valence-electron chi connectivity index (χ0n) is 19.0. The number of carbonyl (C=O) groups is 5. The lowest BCUT2D eigenvalue weighted by Gasteiger charge is -2.48. The Morgan fingerprint density at radius 1 is 1.18 bits per heavy atom. The maximum Gasteiger partial charge on any atom is 0.332 e.